The molecule has 25 heavy (non-hydrogen) atoms. The summed E-state index contributed by atoms with van der Waals surface area (Å²) in [5, 5.41) is 5.98. The molecule has 0 bridgehead atoms. The van der Waals surface area contributed by atoms with Crippen LogP contribution in [0.5, 0.6) is 0 Å². The third kappa shape index (κ3) is 12.5. The quantitative estimate of drug-likeness (QED) is 0.709. The zero-order chi connectivity index (χ0) is 19.7. The predicted octanol–water partition coefficient (Wildman–Crippen LogP) is 4.07. The van der Waals surface area contributed by atoms with Crippen LogP contribution >= 0.6 is 0 Å². The van der Waals surface area contributed by atoms with Gasteiger partial charge in [0.2, 0.25) is 0 Å². The van der Waals surface area contributed by atoms with Gasteiger partial charge in [0.15, 0.2) is 5.82 Å². The topological polar surface area (TPSA) is 92.9 Å². The number of hydrogen-bond acceptors (Lipinski definition) is 6. The molecule has 0 aliphatic rings. The minimum atomic E-state index is 0.495. The highest BCUT2D eigenvalue weighted by Gasteiger charge is 2.00. The van der Waals surface area contributed by atoms with Gasteiger partial charge in [-0.3, -0.25) is 0 Å². The number of nitrogens with two attached hydrogens (primary N) is 1. The van der Waals surface area contributed by atoms with Crippen molar-refractivity contribution in [2.24, 2.45) is 0 Å². The Morgan fingerprint density at radius 1 is 1.12 bits per heavy atom. The van der Waals surface area contributed by atoms with Crippen LogP contribution in [0.4, 0.5) is 17.2 Å². The molecule has 0 aliphatic heterocycles. The van der Waals surface area contributed by atoms with E-state index < -0.39 is 0 Å². The van der Waals surface area contributed by atoms with Crippen LogP contribution in [0.2, 0.25) is 0 Å². The number of benzene rings is 1. The van der Waals surface area contributed by atoms with Gasteiger partial charge in [-0.25, -0.2) is 9.97 Å². The molecule has 140 valence electrons. The van der Waals surface area contributed by atoms with Gasteiger partial charge in [0, 0.05) is 19.8 Å². The van der Waals surface area contributed by atoms with Crippen molar-refractivity contribution in [1.29, 1.82) is 0 Å². The van der Waals surface area contributed by atoms with E-state index in [1.165, 1.54) is 30.9 Å². The molecule has 1 aromatic heterocycles. The lowest BCUT2D eigenvalue weighted by Crippen LogP contribution is -2.01. The Kier molecular flexibility index (Phi) is 16.0. The lowest BCUT2D eigenvalue weighted by atomic mass is 10.2. The van der Waals surface area contributed by atoms with Gasteiger partial charge in [-0.15, -0.1) is 0 Å². The normalized spacial score (nSPS) is 8.28. The Labute approximate surface area is 152 Å². The van der Waals surface area contributed by atoms with E-state index in [1.807, 2.05) is 26.1 Å². The highest BCUT2D eigenvalue weighted by molar-refractivity contribution is 5.63. The van der Waals surface area contributed by atoms with Gasteiger partial charge in [0.25, 0.3) is 0 Å². The van der Waals surface area contributed by atoms with E-state index in [-0.39, 0.29) is 0 Å². The number of rotatable bonds is 2. The van der Waals surface area contributed by atoms with E-state index in [0.717, 1.165) is 17.7 Å². The van der Waals surface area contributed by atoms with E-state index in [1.54, 1.807) is 7.05 Å². The monoisotopic (exact) mass is 347 g/mol. The van der Waals surface area contributed by atoms with Gasteiger partial charge in [0.05, 0.1) is 11.4 Å². The first kappa shape index (κ1) is 24.6. The minimum absolute atomic E-state index is 0.495. The number of aryl methyl sites for hydroxylation is 2. The summed E-state index contributed by atoms with van der Waals surface area (Å²) in [6.45, 7) is 9.66. The molecule has 2 aromatic rings. The Morgan fingerprint density at radius 3 is 2.00 bits per heavy atom. The highest BCUT2D eigenvalue weighted by Crippen LogP contribution is 2.15. The molecule has 0 saturated heterocycles. The fourth-order valence-electron chi connectivity index (χ4n) is 1.60. The molecule has 6 nitrogen and oxygen atoms in total. The van der Waals surface area contributed by atoms with Crippen molar-refractivity contribution in [2.45, 2.75) is 41.0 Å². The summed E-state index contributed by atoms with van der Waals surface area (Å²) in [5.74, 6) is 0.495. The van der Waals surface area contributed by atoms with Crippen LogP contribution in [0.15, 0.2) is 30.6 Å². The second-order valence-corrected chi connectivity index (χ2v) is 5.03. The average molecular weight is 348 g/mol. The Morgan fingerprint density at radius 2 is 1.68 bits per heavy atom. The molecule has 0 radical (unpaired) electrons. The number of carbonyl (C=O) groups is 1. The van der Waals surface area contributed by atoms with Crippen LogP contribution in [0.1, 0.15) is 38.4 Å². The minimum Gasteiger partial charge on any atom is -0.388 e. The van der Waals surface area contributed by atoms with E-state index >= 15 is 0 Å². The largest absolute Gasteiger partial charge is 0.388 e. The third-order valence-electron chi connectivity index (χ3n) is 2.62. The number of anilines is 3. The Balaban J connectivity index is 0. The number of aldehydes is 1. The molecular weight excluding hydrogens is 314 g/mol. The number of carbonyl (C=O) groups excluding carboxylic acids is 1. The van der Waals surface area contributed by atoms with E-state index in [4.69, 9.17) is 10.5 Å². The molecule has 0 amide bonds. The van der Waals surface area contributed by atoms with Crippen LogP contribution in [0.25, 0.3) is 0 Å². The van der Waals surface area contributed by atoms with E-state index in [2.05, 4.69) is 53.5 Å². The highest BCUT2D eigenvalue weighted by atomic mass is 16.1. The lowest BCUT2D eigenvalue weighted by Gasteiger charge is -2.04. The Bertz CT molecular complexity index is 568. The van der Waals surface area contributed by atoms with Crippen LogP contribution in [-0.2, 0) is 4.79 Å². The van der Waals surface area contributed by atoms with Gasteiger partial charge in [0.1, 0.15) is 12.6 Å². The molecule has 2 rings (SSSR count). The van der Waals surface area contributed by atoms with Crippen molar-refractivity contribution in [3.05, 3.63) is 41.9 Å². The van der Waals surface area contributed by atoms with Crippen molar-refractivity contribution in [2.75, 3.05) is 30.5 Å². The van der Waals surface area contributed by atoms with Crippen molar-refractivity contribution in [1.82, 2.24) is 9.97 Å². The fraction of sp³-hybridized carbons (Fsp3) is 0.421. The lowest BCUT2D eigenvalue weighted by molar-refractivity contribution is -0.106. The molecule has 0 atom stereocenters. The van der Waals surface area contributed by atoms with Gasteiger partial charge in [-0.05, 0) is 38.5 Å². The molecule has 0 spiro atoms. The van der Waals surface area contributed by atoms with E-state index in [9.17, 15) is 0 Å². The van der Waals surface area contributed by atoms with Crippen molar-refractivity contribution in [3.63, 3.8) is 0 Å². The third-order valence-corrected chi connectivity index (χ3v) is 2.62. The maximum atomic E-state index is 8.81. The number of aromatic nitrogens is 2. The number of nitrogens with one attached hydrogen (secondary N) is 2. The molecule has 0 saturated carbocycles. The van der Waals surface area contributed by atoms with Gasteiger partial charge in [-0.2, -0.15) is 0 Å². The zero-order valence-electron chi connectivity index (χ0n) is 16.6. The summed E-state index contributed by atoms with van der Waals surface area (Å²) in [5.41, 5.74) is 9.67. The number of nitrogen functional groups attached to an aromatic ring is 1. The molecule has 1 aromatic carbocycles. The summed E-state index contributed by atoms with van der Waals surface area (Å²) >= 11 is 0. The SMILES string of the molecule is CC=O.CCC.CNc1c(C)ncnc1N.CNc1cccc(C)c1. The van der Waals surface area contributed by atoms with Crippen molar-refractivity contribution < 1.29 is 4.79 Å². The molecule has 6 heteroatoms. The first-order valence-corrected chi connectivity index (χ1v) is 8.30. The Hall–Kier alpha value is -2.63. The maximum Gasteiger partial charge on any atom is 0.150 e. The standard InChI is InChI=1S/C8H11N.C6H10N4.C3H8.C2H4O/c1-7-4-3-5-8(6-7)9-2;1-4-5(8-2)6(7)10-3-9-4;1-3-2;1-2-3/h3-6,9H,1-2H3;3,8H,1-2H3,(H2,7,9,10);3H2,1-2H3;2H,1H3. The van der Waals surface area contributed by atoms with Crippen LogP contribution < -0.4 is 16.4 Å². The summed E-state index contributed by atoms with van der Waals surface area (Å²) < 4.78 is 0. The summed E-state index contributed by atoms with van der Waals surface area (Å²) in [6.07, 6.45) is 3.45. The molecule has 1 heterocycles. The second kappa shape index (κ2) is 16.2. The van der Waals surface area contributed by atoms with Crippen LogP contribution in [-0.4, -0.2) is 30.3 Å². The first-order chi connectivity index (χ1) is 11.9. The zero-order valence-corrected chi connectivity index (χ0v) is 16.6. The average Bonchev–Trinajstić information content (AvgIpc) is 2.57. The smallest absolute Gasteiger partial charge is 0.150 e. The molecule has 0 unspecified atom stereocenters. The van der Waals surface area contributed by atoms with Crippen molar-refractivity contribution >= 4 is 23.5 Å². The summed E-state index contributed by atoms with van der Waals surface area (Å²) in [4.78, 5) is 16.6. The van der Waals surface area contributed by atoms with Crippen LogP contribution in [0, 0.1) is 13.8 Å². The molecular formula is C19H33N5O. The van der Waals surface area contributed by atoms with Crippen LogP contribution in [0.3, 0.4) is 0 Å². The number of nitrogens with zero attached hydrogens (tertiary/aromatic N) is 2. The van der Waals surface area contributed by atoms with Crippen molar-refractivity contribution in [3.8, 4) is 0 Å². The maximum absolute atomic E-state index is 8.81. The molecule has 0 aliphatic carbocycles. The second-order valence-electron chi connectivity index (χ2n) is 5.03. The first-order valence-electron chi connectivity index (χ1n) is 8.30. The molecule has 0 fully saturated rings. The summed E-state index contributed by atoms with van der Waals surface area (Å²) in [6, 6.07) is 8.29. The van der Waals surface area contributed by atoms with Gasteiger partial charge in [-0.1, -0.05) is 32.4 Å². The molecule has 4 N–H and O–H groups in total. The van der Waals surface area contributed by atoms with Gasteiger partial charge >= 0.3 is 0 Å². The van der Waals surface area contributed by atoms with Gasteiger partial charge < -0.3 is 21.2 Å². The number of hydrogen-bond donors (Lipinski definition) is 3. The predicted molar refractivity (Wildman–Crippen MR) is 109 cm³/mol. The van der Waals surface area contributed by atoms with E-state index in [0.29, 0.717) is 5.82 Å². The fourth-order valence-corrected chi connectivity index (χ4v) is 1.60. The summed E-state index contributed by atoms with van der Waals surface area (Å²) in [7, 11) is 3.72.